The molecule has 1 atom stereocenters. The highest BCUT2D eigenvalue weighted by Gasteiger charge is 2.27. The van der Waals surface area contributed by atoms with Crippen molar-refractivity contribution in [3.8, 4) is 0 Å². The molecule has 1 saturated heterocycles. The highest BCUT2D eigenvalue weighted by atomic mass is 32.2. The quantitative estimate of drug-likeness (QED) is 0.412. The Balaban J connectivity index is 2.19. The molecule has 0 spiro atoms. The van der Waals surface area contributed by atoms with Crippen LogP contribution in [0.2, 0.25) is 0 Å². The summed E-state index contributed by atoms with van der Waals surface area (Å²) >= 11 is 0. The second kappa shape index (κ2) is 5.51. The highest BCUT2D eigenvalue weighted by Crippen LogP contribution is 2.14. The van der Waals surface area contributed by atoms with Gasteiger partial charge >= 0.3 is 0 Å². The molecule has 0 radical (unpaired) electrons. The average Bonchev–Trinajstić information content (AvgIpc) is 2.41. The third kappa shape index (κ3) is 3.19. The molecule has 5 N–H and O–H groups in total. The molecule has 0 bridgehead atoms. The summed E-state index contributed by atoms with van der Waals surface area (Å²) in [6.07, 6.45) is 2.55. The molecular formula is C10H15N5O3S. The zero-order valence-electron chi connectivity index (χ0n) is 10.1. The van der Waals surface area contributed by atoms with Gasteiger partial charge in [-0.25, -0.2) is 19.2 Å². The van der Waals surface area contributed by atoms with E-state index in [-0.39, 0.29) is 16.6 Å². The summed E-state index contributed by atoms with van der Waals surface area (Å²) in [5.41, 5.74) is 2.27. The van der Waals surface area contributed by atoms with Gasteiger partial charge in [-0.3, -0.25) is 4.79 Å². The SMILES string of the molecule is NNc1cc(S(=O)(=O)NC2CCCNC2=O)ccn1. The Morgan fingerprint density at radius 2 is 2.26 bits per heavy atom. The Kier molecular flexibility index (Phi) is 3.98. The minimum absolute atomic E-state index is 0.00817. The molecule has 19 heavy (non-hydrogen) atoms. The first-order chi connectivity index (χ1) is 9.03. The fraction of sp³-hybridized carbons (Fsp3) is 0.400. The lowest BCUT2D eigenvalue weighted by molar-refractivity contribution is -0.124. The zero-order chi connectivity index (χ0) is 13.9. The van der Waals surface area contributed by atoms with Crippen molar-refractivity contribution in [3.63, 3.8) is 0 Å². The smallest absolute Gasteiger partial charge is 0.241 e. The Morgan fingerprint density at radius 1 is 1.47 bits per heavy atom. The van der Waals surface area contributed by atoms with E-state index in [1.54, 1.807) is 0 Å². The van der Waals surface area contributed by atoms with E-state index >= 15 is 0 Å². The van der Waals surface area contributed by atoms with Crippen LogP contribution in [0, 0.1) is 0 Å². The monoisotopic (exact) mass is 285 g/mol. The summed E-state index contributed by atoms with van der Waals surface area (Å²) in [6, 6.07) is 1.90. The van der Waals surface area contributed by atoms with E-state index in [4.69, 9.17) is 5.84 Å². The Labute approximate surface area is 110 Å². The van der Waals surface area contributed by atoms with Gasteiger partial charge in [-0.2, -0.15) is 4.72 Å². The number of rotatable bonds is 4. The van der Waals surface area contributed by atoms with Crippen LogP contribution < -0.4 is 21.3 Å². The minimum Gasteiger partial charge on any atom is -0.355 e. The van der Waals surface area contributed by atoms with E-state index in [2.05, 4.69) is 20.4 Å². The molecular weight excluding hydrogens is 270 g/mol. The van der Waals surface area contributed by atoms with Gasteiger partial charge in [0.25, 0.3) is 0 Å². The minimum atomic E-state index is -3.77. The number of carbonyl (C=O) groups is 1. The normalized spacial score (nSPS) is 19.8. The first kappa shape index (κ1) is 13.7. The van der Waals surface area contributed by atoms with Crippen molar-refractivity contribution < 1.29 is 13.2 Å². The maximum atomic E-state index is 12.1. The number of sulfonamides is 1. The van der Waals surface area contributed by atoms with Crippen molar-refractivity contribution in [2.45, 2.75) is 23.8 Å². The number of nitrogens with zero attached hydrogens (tertiary/aromatic N) is 1. The van der Waals surface area contributed by atoms with Crippen molar-refractivity contribution in [2.24, 2.45) is 5.84 Å². The number of amides is 1. The van der Waals surface area contributed by atoms with E-state index < -0.39 is 16.1 Å². The zero-order valence-corrected chi connectivity index (χ0v) is 10.9. The van der Waals surface area contributed by atoms with Gasteiger partial charge in [0.2, 0.25) is 15.9 Å². The lowest BCUT2D eigenvalue weighted by atomic mass is 10.1. The van der Waals surface area contributed by atoms with E-state index in [1.807, 2.05) is 0 Å². The third-order valence-electron chi connectivity index (χ3n) is 2.77. The van der Waals surface area contributed by atoms with Crippen molar-refractivity contribution >= 4 is 21.7 Å². The number of hydrogen-bond donors (Lipinski definition) is 4. The van der Waals surface area contributed by atoms with E-state index in [0.717, 1.165) is 6.42 Å². The van der Waals surface area contributed by atoms with Gasteiger partial charge in [-0.1, -0.05) is 0 Å². The molecule has 1 aliphatic heterocycles. The summed E-state index contributed by atoms with van der Waals surface area (Å²) in [5.74, 6) is 5.10. The van der Waals surface area contributed by atoms with E-state index in [9.17, 15) is 13.2 Å². The molecule has 2 heterocycles. The molecule has 1 aliphatic rings. The summed E-state index contributed by atoms with van der Waals surface area (Å²) in [4.78, 5) is 15.4. The van der Waals surface area contributed by atoms with Gasteiger partial charge in [0.1, 0.15) is 11.9 Å². The maximum Gasteiger partial charge on any atom is 0.241 e. The van der Waals surface area contributed by atoms with Crippen LogP contribution in [0.25, 0.3) is 0 Å². The van der Waals surface area contributed by atoms with Crippen LogP contribution in [0.5, 0.6) is 0 Å². The molecule has 104 valence electrons. The predicted molar refractivity (Wildman–Crippen MR) is 68.4 cm³/mol. The van der Waals surface area contributed by atoms with E-state index in [1.165, 1.54) is 18.3 Å². The van der Waals surface area contributed by atoms with Crippen LogP contribution in [-0.4, -0.2) is 31.9 Å². The van der Waals surface area contributed by atoms with Gasteiger partial charge in [0, 0.05) is 18.8 Å². The van der Waals surface area contributed by atoms with Crippen molar-refractivity contribution in [2.75, 3.05) is 12.0 Å². The molecule has 2 rings (SSSR count). The van der Waals surface area contributed by atoms with Gasteiger partial charge < -0.3 is 10.7 Å². The van der Waals surface area contributed by atoms with Crippen molar-refractivity contribution in [3.05, 3.63) is 18.3 Å². The highest BCUT2D eigenvalue weighted by molar-refractivity contribution is 7.89. The molecule has 1 amide bonds. The Bertz CT molecular complexity index is 574. The number of carbonyl (C=O) groups excluding carboxylic acids is 1. The van der Waals surface area contributed by atoms with Gasteiger partial charge in [0.15, 0.2) is 0 Å². The molecule has 0 aromatic carbocycles. The van der Waals surface area contributed by atoms with Crippen LogP contribution in [0.1, 0.15) is 12.8 Å². The number of anilines is 1. The number of hydrogen-bond acceptors (Lipinski definition) is 6. The molecule has 0 aliphatic carbocycles. The predicted octanol–water partition coefficient (Wildman–Crippen LogP) is -1.08. The summed E-state index contributed by atoms with van der Waals surface area (Å²) in [5, 5.41) is 2.62. The van der Waals surface area contributed by atoms with Gasteiger partial charge in [-0.15, -0.1) is 0 Å². The molecule has 1 aromatic heterocycles. The van der Waals surface area contributed by atoms with Crippen LogP contribution in [0.15, 0.2) is 23.2 Å². The second-order valence-corrected chi connectivity index (χ2v) is 5.84. The summed E-state index contributed by atoms with van der Waals surface area (Å²) < 4.78 is 26.6. The van der Waals surface area contributed by atoms with E-state index in [0.29, 0.717) is 13.0 Å². The molecule has 8 nitrogen and oxygen atoms in total. The van der Waals surface area contributed by atoms with Crippen molar-refractivity contribution in [1.82, 2.24) is 15.0 Å². The Hall–Kier alpha value is -1.71. The van der Waals surface area contributed by atoms with Crippen LogP contribution >= 0.6 is 0 Å². The summed E-state index contributed by atoms with van der Waals surface area (Å²) in [6.45, 7) is 0.577. The lowest BCUT2D eigenvalue weighted by Crippen LogP contribution is -2.50. The largest absolute Gasteiger partial charge is 0.355 e. The molecule has 1 fully saturated rings. The number of nitrogens with one attached hydrogen (secondary N) is 3. The van der Waals surface area contributed by atoms with Crippen LogP contribution in [-0.2, 0) is 14.8 Å². The molecule has 1 aromatic rings. The number of piperidine rings is 1. The van der Waals surface area contributed by atoms with Gasteiger partial charge in [0.05, 0.1) is 4.90 Å². The number of nitrogen functional groups attached to an aromatic ring is 1. The van der Waals surface area contributed by atoms with Crippen LogP contribution in [0.4, 0.5) is 5.82 Å². The standard InChI is InChI=1S/C10H15N5O3S/c11-14-9-6-7(3-5-12-9)19(17,18)15-8-2-1-4-13-10(8)16/h3,5-6,8,15H,1-2,4,11H2,(H,12,14)(H,13,16). The molecule has 0 saturated carbocycles. The van der Waals surface area contributed by atoms with Gasteiger partial charge in [-0.05, 0) is 18.9 Å². The number of hydrazine groups is 1. The average molecular weight is 285 g/mol. The topological polar surface area (TPSA) is 126 Å². The molecule has 1 unspecified atom stereocenters. The Morgan fingerprint density at radius 3 is 2.95 bits per heavy atom. The maximum absolute atomic E-state index is 12.1. The fourth-order valence-electron chi connectivity index (χ4n) is 1.80. The molecule has 9 heteroatoms. The first-order valence-electron chi connectivity index (χ1n) is 5.75. The second-order valence-electron chi connectivity index (χ2n) is 4.13. The van der Waals surface area contributed by atoms with Crippen LogP contribution in [0.3, 0.4) is 0 Å². The number of pyridine rings is 1. The first-order valence-corrected chi connectivity index (χ1v) is 7.24. The third-order valence-corrected chi connectivity index (χ3v) is 4.24. The lowest BCUT2D eigenvalue weighted by Gasteiger charge is -2.22. The number of nitrogens with two attached hydrogens (primary N) is 1. The van der Waals surface area contributed by atoms with Crippen molar-refractivity contribution in [1.29, 1.82) is 0 Å². The number of aromatic nitrogens is 1. The fourth-order valence-corrected chi connectivity index (χ4v) is 3.04. The summed E-state index contributed by atoms with van der Waals surface area (Å²) in [7, 11) is -3.77.